The van der Waals surface area contributed by atoms with Crippen molar-refractivity contribution in [1.29, 1.82) is 0 Å². The van der Waals surface area contributed by atoms with E-state index in [1.54, 1.807) is 4.68 Å². The summed E-state index contributed by atoms with van der Waals surface area (Å²) in [6.07, 6.45) is 3.68. The second kappa shape index (κ2) is 5.58. The minimum Gasteiger partial charge on any atom is -0.285 e. The van der Waals surface area contributed by atoms with E-state index in [2.05, 4.69) is 39.8 Å². The smallest absolute Gasteiger partial charge is 0.262 e. The first-order chi connectivity index (χ1) is 9.75. The molecule has 20 heavy (non-hydrogen) atoms. The third-order valence-electron chi connectivity index (χ3n) is 3.89. The van der Waals surface area contributed by atoms with Crippen LogP contribution in [-0.4, -0.2) is 37.3 Å². The summed E-state index contributed by atoms with van der Waals surface area (Å²) in [7, 11) is 0. The summed E-state index contributed by atoms with van der Waals surface area (Å²) in [4.78, 5) is 0. The van der Waals surface area contributed by atoms with Gasteiger partial charge in [-0.05, 0) is 49.2 Å². The van der Waals surface area contributed by atoms with Gasteiger partial charge in [0.15, 0.2) is 0 Å². The molecule has 1 fully saturated rings. The Kier molecular flexibility index (Phi) is 3.64. The Morgan fingerprint density at radius 2 is 1.80 bits per heavy atom. The van der Waals surface area contributed by atoms with Crippen LogP contribution in [0.3, 0.4) is 0 Å². The van der Waals surface area contributed by atoms with Crippen LogP contribution in [0.4, 0.5) is 5.95 Å². The van der Waals surface area contributed by atoms with Gasteiger partial charge in [-0.15, -0.1) is 0 Å². The van der Waals surface area contributed by atoms with Gasteiger partial charge in [0, 0.05) is 12.1 Å². The number of hydrazine groups is 1. The molecule has 1 N–H and O–H groups in total. The number of rotatable bonds is 3. The van der Waals surface area contributed by atoms with Gasteiger partial charge in [-0.3, -0.25) is 5.43 Å². The van der Waals surface area contributed by atoms with E-state index in [0.29, 0.717) is 18.0 Å². The number of benzene rings is 1. The number of piperidine rings is 1. The summed E-state index contributed by atoms with van der Waals surface area (Å²) in [6, 6.07) is 10.9. The van der Waals surface area contributed by atoms with Gasteiger partial charge >= 0.3 is 0 Å². The van der Waals surface area contributed by atoms with Gasteiger partial charge in [0.2, 0.25) is 0 Å². The molecular formula is C14H20N6. The molecule has 2 unspecified atom stereocenters. The molecule has 106 valence electrons. The zero-order valence-electron chi connectivity index (χ0n) is 11.9. The van der Waals surface area contributed by atoms with Crippen molar-refractivity contribution < 1.29 is 0 Å². The molecule has 0 saturated carbocycles. The van der Waals surface area contributed by atoms with Crippen molar-refractivity contribution in [2.24, 2.45) is 0 Å². The Bertz CT molecular complexity index is 542. The summed E-state index contributed by atoms with van der Waals surface area (Å²) in [5, 5.41) is 14.2. The highest BCUT2D eigenvalue weighted by atomic mass is 15.7. The number of nitrogens with zero attached hydrogens (tertiary/aromatic N) is 5. The Labute approximate surface area is 118 Å². The summed E-state index contributed by atoms with van der Waals surface area (Å²) in [5.74, 6) is 0.664. The summed E-state index contributed by atoms with van der Waals surface area (Å²) in [6.45, 7) is 4.47. The van der Waals surface area contributed by atoms with E-state index in [1.165, 1.54) is 19.3 Å². The maximum atomic E-state index is 4.10. The number of tetrazole rings is 1. The molecule has 2 atom stereocenters. The van der Waals surface area contributed by atoms with Crippen molar-refractivity contribution in [2.45, 2.75) is 45.2 Å². The fourth-order valence-corrected chi connectivity index (χ4v) is 2.76. The lowest BCUT2D eigenvalue weighted by Gasteiger charge is -2.38. The van der Waals surface area contributed by atoms with Crippen molar-refractivity contribution in [1.82, 2.24) is 25.2 Å². The van der Waals surface area contributed by atoms with Crippen molar-refractivity contribution in [3.8, 4) is 5.69 Å². The first kappa shape index (κ1) is 13.1. The Balaban J connectivity index is 1.83. The molecule has 1 saturated heterocycles. The van der Waals surface area contributed by atoms with E-state index in [4.69, 9.17) is 0 Å². The molecule has 6 heteroatoms. The van der Waals surface area contributed by atoms with Crippen LogP contribution in [0.2, 0.25) is 0 Å². The standard InChI is InChI=1S/C14H20N6/c1-11-7-6-8-12(2)19(11)16-14-15-17-18-20(14)13-9-4-3-5-10-13/h3-5,9-12H,6-8H2,1-2H3,(H,15,16,18). The molecule has 2 aromatic rings. The minimum absolute atomic E-state index is 0.486. The molecule has 0 spiro atoms. The minimum atomic E-state index is 0.486. The quantitative estimate of drug-likeness (QED) is 0.928. The first-order valence-corrected chi connectivity index (χ1v) is 7.14. The van der Waals surface area contributed by atoms with Crippen molar-refractivity contribution >= 4 is 5.95 Å². The van der Waals surface area contributed by atoms with E-state index in [9.17, 15) is 0 Å². The summed E-state index contributed by atoms with van der Waals surface area (Å²) >= 11 is 0. The predicted molar refractivity (Wildman–Crippen MR) is 77.4 cm³/mol. The normalized spacial score (nSPS) is 23.7. The van der Waals surface area contributed by atoms with Gasteiger partial charge in [0.25, 0.3) is 5.95 Å². The lowest BCUT2D eigenvalue weighted by atomic mass is 10.00. The molecular weight excluding hydrogens is 252 g/mol. The van der Waals surface area contributed by atoms with Gasteiger partial charge in [-0.2, -0.15) is 4.68 Å². The van der Waals surface area contributed by atoms with E-state index in [0.717, 1.165) is 5.69 Å². The Morgan fingerprint density at radius 3 is 2.50 bits per heavy atom. The highest BCUT2D eigenvalue weighted by molar-refractivity contribution is 5.37. The van der Waals surface area contributed by atoms with E-state index >= 15 is 0 Å². The molecule has 1 aromatic heterocycles. The molecule has 3 rings (SSSR count). The maximum Gasteiger partial charge on any atom is 0.262 e. The molecule has 1 aromatic carbocycles. The number of hydrogen-bond donors (Lipinski definition) is 1. The van der Waals surface area contributed by atoms with Crippen molar-refractivity contribution in [3.63, 3.8) is 0 Å². The lowest BCUT2D eigenvalue weighted by Crippen LogP contribution is -2.47. The molecule has 2 heterocycles. The van der Waals surface area contributed by atoms with Gasteiger partial charge < -0.3 is 0 Å². The van der Waals surface area contributed by atoms with Crippen LogP contribution >= 0.6 is 0 Å². The van der Waals surface area contributed by atoms with E-state index in [-0.39, 0.29) is 0 Å². The van der Waals surface area contributed by atoms with Gasteiger partial charge in [0.1, 0.15) is 0 Å². The van der Waals surface area contributed by atoms with Crippen LogP contribution in [0, 0.1) is 0 Å². The molecule has 0 bridgehead atoms. The number of para-hydroxylation sites is 1. The molecule has 1 aliphatic rings. The van der Waals surface area contributed by atoms with Gasteiger partial charge in [-0.25, -0.2) is 5.01 Å². The van der Waals surface area contributed by atoms with Gasteiger partial charge in [-0.1, -0.05) is 29.7 Å². The van der Waals surface area contributed by atoms with Crippen LogP contribution in [0.5, 0.6) is 0 Å². The Hall–Kier alpha value is -1.95. The third kappa shape index (κ3) is 2.51. The van der Waals surface area contributed by atoms with Crippen LogP contribution in [0.1, 0.15) is 33.1 Å². The molecule has 0 radical (unpaired) electrons. The number of aromatic nitrogens is 4. The van der Waals surface area contributed by atoms with Crippen molar-refractivity contribution in [2.75, 3.05) is 5.43 Å². The highest BCUT2D eigenvalue weighted by Crippen LogP contribution is 2.23. The van der Waals surface area contributed by atoms with Crippen LogP contribution in [-0.2, 0) is 0 Å². The average molecular weight is 272 g/mol. The first-order valence-electron chi connectivity index (χ1n) is 7.14. The second-order valence-corrected chi connectivity index (χ2v) is 5.40. The molecule has 0 aliphatic carbocycles. The SMILES string of the molecule is CC1CCCC(C)N1Nc1nnnn1-c1ccccc1. The van der Waals surface area contributed by atoms with E-state index < -0.39 is 0 Å². The predicted octanol–water partition coefficient (Wildman–Crippen LogP) is 2.25. The number of hydrogen-bond acceptors (Lipinski definition) is 5. The summed E-state index contributed by atoms with van der Waals surface area (Å²) in [5.41, 5.74) is 4.34. The fraction of sp³-hybridized carbons (Fsp3) is 0.500. The molecule has 1 aliphatic heterocycles. The lowest BCUT2D eigenvalue weighted by molar-refractivity contribution is 0.134. The zero-order valence-corrected chi connectivity index (χ0v) is 11.9. The number of anilines is 1. The van der Waals surface area contributed by atoms with Crippen LogP contribution < -0.4 is 5.43 Å². The largest absolute Gasteiger partial charge is 0.285 e. The Morgan fingerprint density at radius 1 is 1.10 bits per heavy atom. The highest BCUT2D eigenvalue weighted by Gasteiger charge is 2.26. The fourth-order valence-electron chi connectivity index (χ4n) is 2.76. The molecule has 6 nitrogen and oxygen atoms in total. The van der Waals surface area contributed by atoms with Crippen LogP contribution in [0.15, 0.2) is 30.3 Å². The monoisotopic (exact) mass is 272 g/mol. The average Bonchev–Trinajstić information content (AvgIpc) is 2.92. The molecule has 0 amide bonds. The second-order valence-electron chi connectivity index (χ2n) is 5.40. The third-order valence-corrected chi connectivity index (χ3v) is 3.89. The van der Waals surface area contributed by atoms with Gasteiger partial charge in [0.05, 0.1) is 5.69 Å². The maximum absolute atomic E-state index is 4.10. The van der Waals surface area contributed by atoms with E-state index in [1.807, 2.05) is 30.3 Å². The van der Waals surface area contributed by atoms with Crippen LogP contribution in [0.25, 0.3) is 5.69 Å². The van der Waals surface area contributed by atoms with Crippen molar-refractivity contribution in [3.05, 3.63) is 30.3 Å². The number of nitrogens with one attached hydrogen (secondary N) is 1. The topological polar surface area (TPSA) is 58.9 Å². The summed E-state index contributed by atoms with van der Waals surface area (Å²) < 4.78 is 1.73. The zero-order chi connectivity index (χ0) is 13.9.